The lowest BCUT2D eigenvalue weighted by Gasteiger charge is -2.14. The van der Waals surface area contributed by atoms with Gasteiger partial charge in [0.15, 0.2) is 0 Å². The highest BCUT2D eigenvalue weighted by molar-refractivity contribution is 6.23. The van der Waals surface area contributed by atoms with Crippen molar-refractivity contribution < 1.29 is 0 Å². The monoisotopic (exact) mass is 680 g/mol. The molecule has 11 aromatic carbocycles. The quantitative estimate of drug-likeness (QED) is 0.163. The Morgan fingerprint density at radius 2 is 0.667 bits per heavy atom. The van der Waals surface area contributed by atoms with Crippen LogP contribution >= 0.6 is 0 Å². The Hall–Kier alpha value is -7.02. The molecular formula is C54H32. The Morgan fingerprint density at radius 3 is 1.39 bits per heavy atom. The van der Waals surface area contributed by atoms with Gasteiger partial charge in [-0.25, -0.2) is 0 Å². The van der Waals surface area contributed by atoms with Gasteiger partial charge in [-0.2, -0.15) is 0 Å². The number of hydrogen-bond donors (Lipinski definition) is 0. The molecule has 0 amide bonds. The van der Waals surface area contributed by atoms with E-state index in [2.05, 4.69) is 194 Å². The van der Waals surface area contributed by atoms with Gasteiger partial charge < -0.3 is 0 Å². The number of rotatable bonds is 3. The Labute approximate surface area is 313 Å². The Bertz CT molecular complexity index is 3350. The highest BCUT2D eigenvalue weighted by Crippen LogP contribution is 2.49. The van der Waals surface area contributed by atoms with Crippen LogP contribution in [0.1, 0.15) is 0 Å². The summed E-state index contributed by atoms with van der Waals surface area (Å²) in [5.74, 6) is 0. The summed E-state index contributed by atoms with van der Waals surface area (Å²) in [5.41, 5.74) is 12.8. The molecule has 0 atom stereocenters. The van der Waals surface area contributed by atoms with Crippen LogP contribution in [0, 0.1) is 0 Å². The summed E-state index contributed by atoms with van der Waals surface area (Å²) in [6, 6.07) is 72.4. The molecule has 0 radical (unpaired) electrons. The van der Waals surface area contributed by atoms with E-state index in [-0.39, 0.29) is 0 Å². The van der Waals surface area contributed by atoms with Crippen LogP contribution in [0.5, 0.6) is 0 Å². The van der Waals surface area contributed by atoms with Crippen molar-refractivity contribution in [3.8, 4) is 55.6 Å². The van der Waals surface area contributed by atoms with Crippen molar-refractivity contribution in [2.45, 2.75) is 0 Å². The van der Waals surface area contributed by atoms with E-state index in [9.17, 15) is 0 Å². The molecule has 54 heavy (non-hydrogen) atoms. The molecule has 0 fully saturated rings. The average molecular weight is 681 g/mol. The minimum absolute atomic E-state index is 1.23. The summed E-state index contributed by atoms with van der Waals surface area (Å²) in [5, 5.41) is 15.4. The average Bonchev–Trinajstić information content (AvgIpc) is 3.57. The van der Waals surface area contributed by atoms with Gasteiger partial charge in [-0.1, -0.05) is 164 Å². The molecule has 0 aromatic heterocycles. The second-order valence-corrected chi connectivity index (χ2v) is 14.8. The fraction of sp³-hybridized carbons (Fsp3) is 0. The molecular weight excluding hydrogens is 649 g/mol. The topological polar surface area (TPSA) is 0 Å². The molecule has 0 heterocycles. The zero-order chi connectivity index (χ0) is 35.3. The number of benzene rings is 11. The van der Waals surface area contributed by atoms with E-state index < -0.39 is 0 Å². The van der Waals surface area contributed by atoms with Crippen LogP contribution in [-0.4, -0.2) is 0 Å². The van der Waals surface area contributed by atoms with Crippen molar-refractivity contribution in [3.05, 3.63) is 194 Å². The van der Waals surface area contributed by atoms with Gasteiger partial charge in [-0.05, 0) is 151 Å². The van der Waals surface area contributed by atoms with Gasteiger partial charge in [0.2, 0.25) is 0 Å². The predicted molar refractivity (Wildman–Crippen MR) is 232 cm³/mol. The summed E-state index contributed by atoms with van der Waals surface area (Å²) in [7, 11) is 0. The Kier molecular flexibility index (Phi) is 6.15. The van der Waals surface area contributed by atoms with Gasteiger partial charge in [0.1, 0.15) is 0 Å². The summed E-state index contributed by atoms with van der Waals surface area (Å²) >= 11 is 0. The van der Waals surface area contributed by atoms with E-state index in [4.69, 9.17) is 0 Å². The zero-order valence-electron chi connectivity index (χ0n) is 29.5. The third kappa shape index (κ3) is 4.32. The number of hydrogen-bond acceptors (Lipinski definition) is 0. The molecule has 0 saturated heterocycles. The van der Waals surface area contributed by atoms with E-state index in [0.29, 0.717) is 0 Å². The van der Waals surface area contributed by atoms with Crippen LogP contribution in [0.4, 0.5) is 0 Å². The molecule has 0 nitrogen and oxygen atoms in total. The Balaban J connectivity index is 0.962. The van der Waals surface area contributed by atoms with Crippen molar-refractivity contribution in [2.24, 2.45) is 0 Å². The number of fused-ring (bicyclic) bond motifs is 10. The van der Waals surface area contributed by atoms with E-state index in [1.54, 1.807) is 0 Å². The molecule has 1 aliphatic rings. The van der Waals surface area contributed by atoms with Gasteiger partial charge in [0.05, 0.1) is 0 Å². The molecule has 248 valence electrons. The third-order valence-corrected chi connectivity index (χ3v) is 11.9. The van der Waals surface area contributed by atoms with Crippen molar-refractivity contribution in [1.29, 1.82) is 0 Å². The minimum atomic E-state index is 1.23. The van der Waals surface area contributed by atoms with Crippen molar-refractivity contribution in [1.82, 2.24) is 0 Å². The fourth-order valence-electron chi connectivity index (χ4n) is 9.37. The predicted octanol–water partition coefficient (Wildman–Crippen LogP) is 15.3. The molecule has 0 saturated carbocycles. The molecule has 1 aliphatic carbocycles. The smallest absolute Gasteiger partial charge is 0.00201 e. The largest absolute Gasteiger partial charge is 0.0616 e. The molecule has 0 unspecified atom stereocenters. The SMILES string of the molecule is c1ccc2c(c1)-c1cccc3c(-c4ccc5ccc(-c6ccc7ccc(-c8cc9ccc%10ccccc%10c9c9ccccc89)cc7c6)cc5c4)ccc-2c13. The standard InChI is InChI=1S/C54H32/c1-2-9-44-35(8-1)20-25-40-32-52(47-12-5-6-13-49(47)53(40)44)39-24-19-34-17-22-37(29-42(34)31-39)36-21-16-33-18-23-38(30-41(33)28-36)43-26-27-51-46-11-4-3-10-45(46)50-15-7-14-48(43)54(50)51/h1-32H. The van der Waals surface area contributed by atoms with Crippen LogP contribution in [0.3, 0.4) is 0 Å². The zero-order valence-corrected chi connectivity index (χ0v) is 29.5. The van der Waals surface area contributed by atoms with Crippen LogP contribution in [0.15, 0.2) is 194 Å². The minimum Gasteiger partial charge on any atom is -0.0616 e. The lowest BCUT2D eigenvalue weighted by molar-refractivity contribution is 1.65. The molecule has 11 aromatic rings. The second-order valence-electron chi connectivity index (χ2n) is 14.8. The van der Waals surface area contributed by atoms with Crippen LogP contribution in [-0.2, 0) is 0 Å². The summed E-state index contributed by atoms with van der Waals surface area (Å²) in [6.45, 7) is 0. The normalized spacial score (nSPS) is 12.1. The molecule has 0 aliphatic heterocycles. The van der Waals surface area contributed by atoms with Crippen LogP contribution in [0.2, 0.25) is 0 Å². The molecule has 0 bridgehead atoms. The summed E-state index contributed by atoms with van der Waals surface area (Å²) in [6.07, 6.45) is 0. The molecule has 0 spiro atoms. The third-order valence-electron chi connectivity index (χ3n) is 11.9. The summed E-state index contributed by atoms with van der Waals surface area (Å²) in [4.78, 5) is 0. The van der Waals surface area contributed by atoms with Crippen LogP contribution < -0.4 is 0 Å². The maximum absolute atomic E-state index is 2.39. The molecule has 0 N–H and O–H groups in total. The van der Waals surface area contributed by atoms with Crippen molar-refractivity contribution >= 4 is 64.6 Å². The van der Waals surface area contributed by atoms with E-state index in [1.807, 2.05) is 0 Å². The highest BCUT2D eigenvalue weighted by atomic mass is 14.2. The van der Waals surface area contributed by atoms with Crippen LogP contribution in [0.25, 0.3) is 120 Å². The first kappa shape index (κ1) is 29.5. The first-order chi connectivity index (χ1) is 26.7. The molecule has 12 rings (SSSR count). The highest BCUT2D eigenvalue weighted by Gasteiger charge is 2.22. The second kappa shape index (κ2) is 11.2. The summed E-state index contributed by atoms with van der Waals surface area (Å²) < 4.78 is 0. The van der Waals surface area contributed by atoms with Gasteiger partial charge in [0.25, 0.3) is 0 Å². The van der Waals surface area contributed by atoms with Gasteiger partial charge in [0, 0.05) is 0 Å². The van der Waals surface area contributed by atoms with E-state index >= 15 is 0 Å². The van der Waals surface area contributed by atoms with Crippen molar-refractivity contribution in [3.63, 3.8) is 0 Å². The fourth-order valence-corrected chi connectivity index (χ4v) is 9.37. The first-order valence-electron chi connectivity index (χ1n) is 18.8. The maximum atomic E-state index is 2.39. The maximum Gasteiger partial charge on any atom is -0.00201 e. The van der Waals surface area contributed by atoms with E-state index in [1.165, 1.54) is 120 Å². The lowest BCUT2D eigenvalue weighted by atomic mass is 9.90. The first-order valence-corrected chi connectivity index (χ1v) is 18.8. The van der Waals surface area contributed by atoms with Crippen molar-refractivity contribution in [2.75, 3.05) is 0 Å². The van der Waals surface area contributed by atoms with Gasteiger partial charge in [-0.3, -0.25) is 0 Å². The van der Waals surface area contributed by atoms with Gasteiger partial charge >= 0.3 is 0 Å². The van der Waals surface area contributed by atoms with E-state index in [0.717, 1.165) is 0 Å². The Morgan fingerprint density at radius 1 is 0.185 bits per heavy atom. The molecule has 0 heteroatoms. The lowest BCUT2D eigenvalue weighted by Crippen LogP contribution is -1.87. The van der Waals surface area contributed by atoms with Gasteiger partial charge in [-0.15, -0.1) is 0 Å².